The normalized spacial score (nSPS) is 11.3. The van der Waals surface area contributed by atoms with Crippen LogP contribution in [0.3, 0.4) is 0 Å². The van der Waals surface area contributed by atoms with Crippen molar-refractivity contribution < 1.29 is 4.79 Å². The van der Waals surface area contributed by atoms with Crippen LogP contribution in [0.5, 0.6) is 0 Å². The highest BCUT2D eigenvalue weighted by atomic mass is 16.1. The van der Waals surface area contributed by atoms with Gasteiger partial charge in [-0.25, -0.2) is 4.98 Å². The fourth-order valence-electron chi connectivity index (χ4n) is 2.92. The maximum atomic E-state index is 12.2. The molecule has 0 bridgehead atoms. The van der Waals surface area contributed by atoms with E-state index >= 15 is 0 Å². The molecule has 0 radical (unpaired) electrons. The molecule has 0 aliphatic heterocycles. The zero-order chi connectivity index (χ0) is 20.0. The SMILES string of the molecule is CC(C)c1cccc(C(C)C)c1Nc1ccc(C(=O)NCCN(C)C)cn1. The van der Waals surface area contributed by atoms with Gasteiger partial charge in [-0.1, -0.05) is 45.9 Å². The summed E-state index contributed by atoms with van der Waals surface area (Å²) in [4.78, 5) is 18.7. The number of para-hydroxylation sites is 1. The van der Waals surface area contributed by atoms with E-state index in [1.807, 2.05) is 31.1 Å². The van der Waals surface area contributed by atoms with Gasteiger partial charge in [-0.2, -0.15) is 0 Å². The number of rotatable bonds is 8. The number of nitrogens with zero attached hydrogens (tertiary/aromatic N) is 2. The molecule has 0 fully saturated rings. The molecule has 2 rings (SSSR count). The van der Waals surface area contributed by atoms with Crippen molar-refractivity contribution in [1.29, 1.82) is 0 Å². The molecule has 0 aliphatic rings. The molecule has 0 unspecified atom stereocenters. The van der Waals surface area contributed by atoms with E-state index in [4.69, 9.17) is 0 Å². The van der Waals surface area contributed by atoms with Gasteiger partial charge in [0, 0.05) is 25.0 Å². The maximum absolute atomic E-state index is 12.2. The topological polar surface area (TPSA) is 57.3 Å². The zero-order valence-electron chi connectivity index (χ0n) is 17.3. The number of likely N-dealkylation sites (N-methyl/N-ethyl adjacent to an activating group) is 1. The third-order valence-corrected chi connectivity index (χ3v) is 4.50. The number of carbonyl (C=O) groups excluding carboxylic acids is 1. The molecule has 1 amide bonds. The molecule has 2 N–H and O–H groups in total. The molecule has 0 spiro atoms. The quantitative estimate of drug-likeness (QED) is 0.727. The fraction of sp³-hybridized carbons (Fsp3) is 0.455. The van der Waals surface area contributed by atoms with Crippen molar-refractivity contribution in [2.24, 2.45) is 0 Å². The number of nitrogens with one attached hydrogen (secondary N) is 2. The van der Waals surface area contributed by atoms with Gasteiger partial charge in [0.25, 0.3) is 5.91 Å². The second-order valence-corrected chi connectivity index (χ2v) is 7.74. The molecule has 0 aliphatic carbocycles. The predicted octanol–water partition coefficient (Wildman–Crippen LogP) is 4.36. The molecule has 5 nitrogen and oxygen atoms in total. The summed E-state index contributed by atoms with van der Waals surface area (Å²) < 4.78 is 0. The lowest BCUT2D eigenvalue weighted by Crippen LogP contribution is -2.31. The van der Waals surface area contributed by atoms with Gasteiger partial charge in [-0.15, -0.1) is 0 Å². The molecule has 0 saturated heterocycles. The van der Waals surface area contributed by atoms with Crippen molar-refractivity contribution in [3.63, 3.8) is 0 Å². The van der Waals surface area contributed by atoms with Crippen molar-refractivity contribution in [3.05, 3.63) is 53.2 Å². The molecule has 1 aromatic carbocycles. The minimum absolute atomic E-state index is 0.0960. The van der Waals surface area contributed by atoms with Gasteiger partial charge < -0.3 is 15.5 Å². The van der Waals surface area contributed by atoms with E-state index in [2.05, 4.69) is 61.5 Å². The minimum Gasteiger partial charge on any atom is -0.351 e. The number of pyridine rings is 1. The number of hydrogen-bond acceptors (Lipinski definition) is 4. The smallest absolute Gasteiger partial charge is 0.252 e. The summed E-state index contributed by atoms with van der Waals surface area (Å²) in [5, 5.41) is 6.39. The number of amides is 1. The Labute approximate surface area is 163 Å². The van der Waals surface area contributed by atoms with Crippen LogP contribution in [-0.2, 0) is 0 Å². The summed E-state index contributed by atoms with van der Waals surface area (Å²) in [6.45, 7) is 10.2. The minimum atomic E-state index is -0.0960. The summed E-state index contributed by atoms with van der Waals surface area (Å²) >= 11 is 0. The van der Waals surface area contributed by atoms with E-state index in [-0.39, 0.29) is 5.91 Å². The first-order valence-corrected chi connectivity index (χ1v) is 9.58. The molecule has 2 aromatic rings. The molecule has 1 aromatic heterocycles. The Morgan fingerprint density at radius 3 is 2.15 bits per heavy atom. The number of carbonyl (C=O) groups is 1. The number of anilines is 2. The zero-order valence-corrected chi connectivity index (χ0v) is 17.3. The van der Waals surface area contributed by atoms with Gasteiger partial charge in [-0.05, 0) is 49.2 Å². The lowest BCUT2D eigenvalue weighted by molar-refractivity contribution is 0.0950. The fourth-order valence-corrected chi connectivity index (χ4v) is 2.92. The Hall–Kier alpha value is -2.40. The van der Waals surface area contributed by atoms with Crippen LogP contribution in [0.1, 0.15) is 61.0 Å². The van der Waals surface area contributed by atoms with Gasteiger partial charge >= 0.3 is 0 Å². The van der Waals surface area contributed by atoms with Crippen molar-refractivity contribution in [1.82, 2.24) is 15.2 Å². The number of aromatic nitrogens is 1. The van der Waals surface area contributed by atoms with E-state index in [1.54, 1.807) is 6.20 Å². The Morgan fingerprint density at radius 1 is 1.04 bits per heavy atom. The van der Waals surface area contributed by atoms with Crippen LogP contribution in [0.2, 0.25) is 0 Å². The molecule has 0 atom stereocenters. The largest absolute Gasteiger partial charge is 0.351 e. The molecule has 146 valence electrons. The van der Waals surface area contributed by atoms with Gasteiger partial charge in [-0.3, -0.25) is 4.79 Å². The Bertz CT molecular complexity index is 725. The van der Waals surface area contributed by atoms with Crippen LogP contribution >= 0.6 is 0 Å². The average molecular weight is 369 g/mol. The molecule has 27 heavy (non-hydrogen) atoms. The van der Waals surface area contributed by atoms with Crippen molar-refractivity contribution in [3.8, 4) is 0 Å². The van der Waals surface area contributed by atoms with Gasteiger partial charge in [0.2, 0.25) is 0 Å². The van der Waals surface area contributed by atoms with Crippen LogP contribution < -0.4 is 10.6 Å². The highest BCUT2D eigenvalue weighted by Crippen LogP contribution is 2.34. The lowest BCUT2D eigenvalue weighted by Gasteiger charge is -2.20. The Kier molecular flexibility index (Phi) is 7.36. The number of benzene rings is 1. The van der Waals surface area contributed by atoms with Crippen LogP contribution in [0, 0.1) is 0 Å². The molecule has 5 heteroatoms. The van der Waals surface area contributed by atoms with Crippen molar-refractivity contribution in [2.75, 3.05) is 32.5 Å². The van der Waals surface area contributed by atoms with Gasteiger partial charge in [0.15, 0.2) is 0 Å². The standard InChI is InChI=1S/C22H32N4O/c1-15(2)18-8-7-9-19(16(3)4)21(18)25-20-11-10-17(14-24-20)22(27)23-12-13-26(5)6/h7-11,14-16H,12-13H2,1-6H3,(H,23,27)(H,24,25). The first-order chi connectivity index (χ1) is 12.8. The first kappa shape index (κ1) is 20.9. The average Bonchev–Trinajstić information content (AvgIpc) is 2.61. The second-order valence-electron chi connectivity index (χ2n) is 7.74. The van der Waals surface area contributed by atoms with E-state index < -0.39 is 0 Å². The third-order valence-electron chi connectivity index (χ3n) is 4.50. The summed E-state index contributed by atoms with van der Waals surface area (Å²) in [6, 6.07) is 10.1. The lowest BCUT2D eigenvalue weighted by atomic mass is 9.92. The van der Waals surface area contributed by atoms with Crippen LogP contribution in [-0.4, -0.2) is 43.0 Å². The van der Waals surface area contributed by atoms with Gasteiger partial charge in [0.05, 0.1) is 5.56 Å². The highest BCUT2D eigenvalue weighted by Gasteiger charge is 2.14. The highest BCUT2D eigenvalue weighted by molar-refractivity contribution is 5.94. The van der Waals surface area contributed by atoms with Crippen LogP contribution in [0.4, 0.5) is 11.5 Å². The van der Waals surface area contributed by atoms with E-state index in [1.165, 1.54) is 11.1 Å². The van der Waals surface area contributed by atoms with E-state index in [0.717, 1.165) is 18.1 Å². The first-order valence-electron chi connectivity index (χ1n) is 9.58. The Balaban J connectivity index is 2.16. The molecule has 0 saturated carbocycles. The van der Waals surface area contributed by atoms with E-state index in [9.17, 15) is 4.79 Å². The maximum Gasteiger partial charge on any atom is 0.252 e. The third kappa shape index (κ3) is 5.79. The summed E-state index contributed by atoms with van der Waals surface area (Å²) in [5.74, 6) is 1.47. The Morgan fingerprint density at radius 2 is 1.67 bits per heavy atom. The molecular formula is C22H32N4O. The van der Waals surface area contributed by atoms with Gasteiger partial charge in [0.1, 0.15) is 5.82 Å². The monoisotopic (exact) mass is 368 g/mol. The molecule has 1 heterocycles. The van der Waals surface area contributed by atoms with Crippen LogP contribution in [0.25, 0.3) is 0 Å². The van der Waals surface area contributed by atoms with E-state index in [0.29, 0.717) is 23.9 Å². The summed E-state index contributed by atoms with van der Waals surface area (Å²) in [6.07, 6.45) is 1.63. The van der Waals surface area contributed by atoms with Crippen molar-refractivity contribution in [2.45, 2.75) is 39.5 Å². The summed E-state index contributed by atoms with van der Waals surface area (Å²) in [7, 11) is 3.96. The van der Waals surface area contributed by atoms with Crippen LogP contribution in [0.15, 0.2) is 36.5 Å². The molecular weight excluding hydrogens is 336 g/mol. The predicted molar refractivity (Wildman–Crippen MR) is 113 cm³/mol. The van der Waals surface area contributed by atoms with Crippen molar-refractivity contribution >= 4 is 17.4 Å². The summed E-state index contributed by atoms with van der Waals surface area (Å²) in [5.41, 5.74) is 4.24. The number of hydrogen-bond donors (Lipinski definition) is 2. The second kappa shape index (κ2) is 9.51.